The number of carbonyl (C=O) groups is 1. The minimum absolute atomic E-state index is 0. The van der Waals surface area contributed by atoms with Crippen LogP contribution in [0, 0.1) is 0 Å². The number of rotatable bonds is 6. The fourth-order valence-corrected chi connectivity index (χ4v) is 2.86. The highest BCUT2D eigenvalue weighted by atomic mass is 35.5. The van der Waals surface area contributed by atoms with Gasteiger partial charge in [0, 0.05) is 12.1 Å². The molecule has 26 heavy (non-hydrogen) atoms. The predicted octanol–water partition coefficient (Wildman–Crippen LogP) is 2.40. The molecule has 1 unspecified atom stereocenters. The van der Waals surface area contributed by atoms with Gasteiger partial charge < -0.3 is 20.3 Å². The van der Waals surface area contributed by atoms with Crippen LogP contribution in [0.4, 0.5) is 0 Å². The lowest BCUT2D eigenvalue weighted by Gasteiger charge is -2.15. The molecule has 3 atom stereocenters. The SMILES string of the molecule is CCc1ccc(-c2noc(C(C)NC(=O)[C@@H]3CC[C@H](CN)O3)n2)cc1.Cl. The number of aromatic nitrogens is 2. The molecule has 142 valence electrons. The molecule has 1 aliphatic heterocycles. The second-order valence-corrected chi connectivity index (χ2v) is 6.30. The van der Waals surface area contributed by atoms with E-state index in [1.165, 1.54) is 5.56 Å². The molecular weight excluding hydrogens is 356 g/mol. The number of benzene rings is 1. The smallest absolute Gasteiger partial charge is 0.249 e. The third-order valence-corrected chi connectivity index (χ3v) is 4.45. The van der Waals surface area contributed by atoms with Crippen molar-refractivity contribution in [1.29, 1.82) is 0 Å². The molecule has 2 heterocycles. The lowest BCUT2D eigenvalue weighted by atomic mass is 10.1. The molecule has 0 saturated carbocycles. The van der Waals surface area contributed by atoms with E-state index < -0.39 is 6.10 Å². The van der Waals surface area contributed by atoms with E-state index in [-0.39, 0.29) is 30.5 Å². The van der Waals surface area contributed by atoms with Crippen LogP contribution in [-0.4, -0.2) is 34.8 Å². The second kappa shape index (κ2) is 9.12. The Labute approximate surface area is 159 Å². The maximum atomic E-state index is 12.3. The number of hydrogen-bond acceptors (Lipinski definition) is 6. The lowest BCUT2D eigenvalue weighted by Crippen LogP contribution is -2.37. The lowest BCUT2D eigenvalue weighted by molar-refractivity contribution is -0.132. The van der Waals surface area contributed by atoms with Crippen molar-refractivity contribution in [3.8, 4) is 11.4 Å². The number of nitrogens with one attached hydrogen (secondary N) is 1. The van der Waals surface area contributed by atoms with Crippen molar-refractivity contribution in [2.45, 2.75) is 51.4 Å². The summed E-state index contributed by atoms with van der Waals surface area (Å²) in [5.41, 5.74) is 7.71. The minimum Gasteiger partial charge on any atom is -0.364 e. The zero-order valence-electron chi connectivity index (χ0n) is 15.0. The molecule has 1 aromatic heterocycles. The molecule has 0 radical (unpaired) electrons. The number of carbonyl (C=O) groups excluding carboxylic acids is 1. The molecule has 1 fully saturated rings. The summed E-state index contributed by atoms with van der Waals surface area (Å²) in [6.07, 6.45) is 1.97. The van der Waals surface area contributed by atoms with Gasteiger partial charge in [0.15, 0.2) is 0 Å². The number of hydrogen-bond donors (Lipinski definition) is 2. The van der Waals surface area contributed by atoms with Crippen molar-refractivity contribution >= 4 is 18.3 Å². The van der Waals surface area contributed by atoms with Gasteiger partial charge in [0.2, 0.25) is 17.6 Å². The maximum Gasteiger partial charge on any atom is 0.249 e. The fourth-order valence-electron chi connectivity index (χ4n) is 2.86. The number of ether oxygens (including phenoxy) is 1. The summed E-state index contributed by atoms with van der Waals surface area (Å²) in [6, 6.07) is 7.64. The molecule has 1 amide bonds. The van der Waals surface area contributed by atoms with E-state index in [1.54, 1.807) is 0 Å². The number of aryl methyl sites for hydroxylation is 1. The Balaban J connectivity index is 0.00000243. The molecule has 0 aliphatic carbocycles. The van der Waals surface area contributed by atoms with Crippen molar-refractivity contribution in [1.82, 2.24) is 15.5 Å². The molecule has 1 aromatic carbocycles. The first-order valence-corrected chi connectivity index (χ1v) is 8.69. The van der Waals surface area contributed by atoms with E-state index in [2.05, 4.69) is 22.4 Å². The normalized spacial score (nSPS) is 20.4. The van der Waals surface area contributed by atoms with E-state index in [1.807, 2.05) is 31.2 Å². The Morgan fingerprint density at radius 2 is 2.08 bits per heavy atom. The summed E-state index contributed by atoms with van der Waals surface area (Å²) in [4.78, 5) is 16.7. The zero-order valence-corrected chi connectivity index (χ0v) is 15.8. The van der Waals surface area contributed by atoms with Crippen LogP contribution in [0.15, 0.2) is 28.8 Å². The first-order chi connectivity index (χ1) is 12.1. The Morgan fingerprint density at radius 3 is 2.69 bits per heavy atom. The van der Waals surface area contributed by atoms with Crippen LogP contribution in [0.3, 0.4) is 0 Å². The average Bonchev–Trinajstić information content (AvgIpc) is 3.31. The van der Waals surface area contributed by atoms with Crippen LogP contribution in [0.25, 0.3) is 11.4 Å². The van der Waals surface area contributed by atoms with Gasteiger partial charge in [-0.25, -0.2) is 0 Å². The van der Waals surface area contributed by atoms with Gasteiger partial charge >= 0.3 is 0 Å². The summed E-state index contributed by atoms with van der Waals surface area (Å²) in [5.74, 6) is 0.714. The molecular formula is C18H25ClN4O3. The monoisotopic (exact) mass is 380 g/mol. The largest absolute Gasteiger partial charge is 0.364 e. The van der Waals surface area contributed by atoms with Crippen molar-refractivity contribution in [3.63, 3.8) is 0 Å². The Hall–Kier alpha value is -1.96. The number of nitrogens with two attached hydrogens (primary N) is 1. The van der Waals surface area contributed by atoms with Crippen LogP contribution in [0.5, 0.6) is 0 Å². The molecule has 0 bridgehead atoms. The van der Waals surface area contributed by atoms with Gasteiger partial charge in [0.25, 0.3) is 0 Å². The van der Waals surface area contributed by atoms with E-state index in [0.717, 1.165) is 18.4 Å². The summed E-state index contributed by atoms with van der Waals surface area (Å²) in [6.45, 7) is 4.35. The van der Waals surface area contributed by atoms with Gasteiger partial charge in [-0.3, -0.25) is 4.79 Å². The highest BCUT2D eigenvalue weighted by Gasteiger charge is 2.31. The highest BCUT2D eigenvalue weighted by Crippen LogP contribution is 2.22. The van der Waals surface area contributed by atoms with E-state index in [9.17, 15) is 4.79 Å². The van der Waals surface area contributed by atoms with Crippen LogP contribution < -0.4 is 11.1 Å². The molecule has 2 aromatic rings. The zero-order chi connectivity index (χ0) is 17.8. The molecule has 7 nitrogen and oxygen atoms in total. The number of amides is 1. The Bertz CT molecular complexity index is 719. The summed E-state index contributed by atoms with van der Waals surface area (Å²) < 4.78 is 10.9. The molecule has 8 heteroatoms. The summed E-state index contributed by atoms with van der Waals surface area (Å²) in [7, 11) is 0. The van der Waals surface area contributed by atoms with Gasteiger partial charge in [0.1, 0.15) is 12.1 Å². The molecule has 3 N–H and O–H groups in total. The maximum absolute atomic E-state index is 12.3. The van der Waals surface area contributed by atoms with Gasteiger partial charge in [-0.2, -0.15) is 4.98 Å². The number of nitrogens with zero attached hydrogens (tertiary/aromatic N) is 2. The fraction of sp³-hybridized carbons (Fsp3) is 0.500. The standard InChI is InChI=1S/C18H24N4O3.ClH/c1-3-12-4-6-13(7-5-12)16-21-18(25-22-16)11(2)20-17(23)15-9-8-14(10-19)24-15;/h4-7,11,14-15H,3,8-10,19H2,1-2H3,(H,20,23);1H/t11?,14-,15+;/m1./s1. The Morgan fingerprint density at radius 1 is 1.35 bits per heavy atom. The number of halogens is 1. The van der Waals surface area contributed by atoms with Crippen molar-refractivity contribution < 1.29 is 14.1 Å². The van der Waals surface area contributed by atoms with Gasteiger partial charge in [-0.15, -0.1) is 12.4 Å². The minimum atomic E-state index is -0.458. The van der Waals surface area contributed by atoms with Crippen molar-refractivity contribution in [2.24, 2.45) is 5.73 Å². The second-order valence-electron chi connectivity index (χ2n) is 6.30. The van der Waals surface area contributed by atoms with Crippen LogP contribution in [0.2, 0.25) is 0 Å². The third kappa shape index (κ3) is 4.60. The molecule has 0 spiro atoms. The molecule has 1 saturated heterocycles. The first kappa shape index (κ1) is 20.4. The van der Waals surface area contributed by atoms with Gasteiger partial charge in [-0.05, 0) is 31.7 Å². The molecule has 1 aliphatic rings. The van der Waals surface area contributed by atoms with Crippen molar-refractivity contribution in [3.05, 3.63) is 35.7 Å². The van der Waals surface area contributed by atoms with Gasteiger partial charge in [0.05, 0.1) is 6.10 Å². The highest BCUT2D eigenvalue weighted by molar-refractivity contribution is 5.85. The topological polar surface area (TPSA) is 103 Å². The van der Waals surface area contributed by atoms with E-state index in [4.69, 9.17) is 15.0 Å². The van der Waals surface area contributed by atoms with E-state index >= 15 is 0 Å². The van der Waals surface area contributed by atoms with Crippen molar-refractivity contribution in [2.75, 3.05) is 6.54 Å². The first-order valence-electron chi connectivity index (χ1n) is 8.69. The quantitative estimate of drug-likeness (QED) is 0.797. The molecule has 3 rings (SSSR count). The van der Waals surface area contributed by atoms with Crippen LogP contribution in [-0.2, 0) is 16.0 Å². The summed E-state index contributed by atoms with van der Waals surface area (Å²) in [5, 5.41) is 6.87. The van der Waals surface area contributed by atoms with Crippen LogP contribution >= 0.6 is 12.4 Å². The van der Waals surface area contributed by atoms with Crippen LogP contribution in [0.1, 0.15) is 44.2 Å². The van der Waals surface area contributed by atoms with E-state index in [0.29, 0.717) is 24.7 Å². The van der Waals surface area contributed by atoms with Gasteiger partial charge in [-0.1, -0.05) is 36.3 Å². The Kier molecular flexibility index (Phi) is 7.14. The third-order valence-electron chi connectivity index (χ3n) is 4.45. The summed E-state index contributed by atoms with van der Waals surface area (Å²) >= 11 is 0. The average molecular weight is 381 g/mol. The predicted molar refractivity (Wildman–Crippen MR) is 99.9 cm³/mol.